The molecule has 90 valence electrons. The fourth-order valence-corrected chi connectivity index (χ4v) is 1.96. The fourth-order valence-electron chi connectivity index (χ4n) is 1.68. The molecule has 2 atom stereocenters. The van der Waals surface area contributed by atoms with Crippen LogP contribution in [0.15, 0.2) is 0 Å². The maximum absolute atomic E-state index is 6.19. The highest BCUT2D eigenvalue weighted by atomic mass is 35.5. The van der Waals surface area contributed by atoms with Gasteiger partial charge in [-0.25, -0.2) is 0 Å². The molecule has 1 fully saturated rings. The van der Waals surface area contributed by atoms with Gasteiger partial charge in [0.2, 0.25) is 0 Å². The van der Waals surface area contributed by atoms with Gasteiger partial charge in [-0.05, 0) is 19.3 Å². The average molecular weight is 237 g/mol. The minimum Gasteiger partial charge on any atom is -0.385 e. The Bertz CT molecular complexity index is 155. The van der Waals surface area contributed by atoms with Crippen molar-refractivity contribution >= 4 is 11.6 Å². The molecule has 4 heteroatoms. The Kier molecular flexibility index (Phi) is 7.36. The Morgan fingerprint density at radius 2 is 2.20 bits per heavy atom. The van der Waals surface area contributed by atoms with Crippen LogP contribution in [0, 0.1) is 5.92 Å². The first-order valence-electron chi connectivity index (χ1n) is 5.63. The second kappa shape index (κ2) is 8.34. The Morgan fingerprint density at radius 3 is 2.93 bits per heavy atom. The summed E-state index contributed by atoms with van der Waals surface area (Å²) < 4.78 is 15.8. The SMILES string of the molecule is COCCCOCCC1COCCC1Cl. The smallest absolute Gasteiger partial charge is 0.0509 e. The monoisotopic (exact) mass is 236 g/mol. The highest BCUT2D eigenvalue weighted by Gasteiger charge is 2.23. The van der Waals surface area contributed by atoms with E-state index in [-0.39, 0.29) is 5.38 Å². The van der Waals surface area contributed by atoms with Gasteiger partial charge in [0, 0.05) is 44.8 Å². The molecule has 0 aliphatic carbocycles. The highest BCUT2D eigenvalue weighted by molar-refractivity contribution is 6.20. The quantitative estimate of drug-likeness (QED) is 0.500. The van der Waals surface area contributed by atoms with Crippen molar-refractivity contribution in [3.63, 3.8) is 0 Å². The summed E-state index contributed by atoms with van der Waals surface area (Å²) in [5, 5.41) is 0.265. The summed E-state index contributed by atoms with van der Waals surface area (Å²) >= 11 is 6.19. The second-order valence-electron chi connectivity index (χ2n) is 3.89. The number of hydrogen-bond donors (Lipinski definition) is 0. The first-order valence-corrected chi connectivity index (χ1v) is 6.06. The molecule has 0 aromatic heterocycles. The van der Waals surface area contributed by atoms with Gasteiger partial charge in [0.05, 0.1) is 6.61 Å². The predicted molar refractivity (Wildman–Crippen MR) is 60.5 cm³/mol. The van der Waals surface area contributed by atoms with Gasteiger partial charge in [-0.2, -0.15) is 0 Å². The number of methoxy groups -OCH3 is 1. The molecule has 0 bridgehead atoms. The zero-order chi connectivity index (χ0) is 10.9. The topological polar surface area (TPSA) is 27.7 Å². The molecule has 1 heterocycles. The highest BCUT2D eigenvalue weighted by Crippen LogP contribution is 2.23. The van der Waals surface area contributed by atoms with Crippen LogP contribution < -0.4 is 0 Å². The normalized spacial score (nSPS) is 26.8. The van der Waals surface area contributed by atoms with E-state index in [2.05, 4.69) is 0 Å². The lowest BCUT2D eigenvalue weighted by Gasteiger charge is -2.26. The number of halogens is 1. The average Bonchev–Trinajstić information content (AvgIpc) is 2.25. The summed E-state index contributed by atoms with van der Waals surface area (Å²) in [4.78, 5) is 0. The van der Waals surface area contributed by atoms with Crippen molar-refractivity contribution in [2.45, 2.75) is 24.6 Å². The summed E-state index contributed by atoms with van der Waals surface area (Å²) in [6, 6.07) is 0. The largest absolute Gasteiger partial charge is 0.385 e. The summed E-state index contributed by atoms with van der Waals surface area (Å²) in [5.41, 5.74) is 0. The Morgan fingerprint density at radius 1 is 1.33 bits per heavy atom. The third-order valence-corrected chi connectivity index (χ3v) is 3.23. The van der Waals surface area contributed by atoms with E-state index in [0.717, 1.165) is 52.3 Å². The molecule has 1 saturated heterocycles. The van der Waals surface area contributed by atoms with Gasteiger partial charge < -0.3 is 14.2 Å². The maximum Gasteiger partial charge on any atom is 0.0509 e. The van der Waals surface area contributed by atoms with Gasteiger partial charge in [-0.15, -0.1) is 11.6 Å². The summed E-state index contributed by atoms with van der Waals surface area (Å²) in [7, 11) is 1.71. The van der Waals surface area contributed by atoms with Crippen LogP contribution >= 0.6 is 11.6 Å². The minimum atomic E-state index is 0.265. The molecule has 3 nitrogen and oxygen atoms in total. The van der Waals surface area contributed by atoms with Crippen LogP contribution in [0.4, 0.5) is 0 Å². The first-order chi connectivity index (χ1) is 7.34. The third-order valence-electron chi connectivity index (χ3n) is 2.65. The zero-order valence-corrected chi connectivity index (χ0v) is 10.2. The van der Waals surface area contributed by atoms with Crippen molar-refractivity contribution in [3.8, 4) is 0 Å². The van der Waals surface area contributed by atoms with Crippen LogP contribution in [0.25, 0.3) is 0 Å². The Labute approximate surface area is 97.0 Å². The number of ether oxygens (including phenoxy) is 3. The molecule has 0 spiro atoms. The van der Waals surface area contributed by atoms with Crippen LogP contribution in [0.1, 0.15) is 19.3 Å². The second-order valence-corrected chi connectivity index (χ2v) is 4.45. The first kappa shape index (κ1) is 13.2. The van der Waals surface area contributed by atoms with Gasteiger partial charge >= 0.3 is 0 Å². The maximum atomic E-state index is 6.19. The van der Waals surface area contributed by atoms with E-state index in [0.29, 0.717) is 5.92 Å². The molecule has 0 radical (unpaired) electrons. The fraction of sp³-hybridized carbons (Fsp3) is 1.00. The van der Waals surface area contributed by atoms with Crippen molar-refractivity contribution in [3.05, 3.63) is 0 Å². The van der Waals surface area contributed by atoms with Crippen LogP contribution in [-0.2, 0) is 14.2 Å². The van der Waals surface area contributed by atoms with Crippen LogP contribution in [0.3, 0.4) is 0 Å². The molecule has 2 unspecified atom stereocenters. The van der Waals surface area contributed by atoms with Crippen molar-refractivity contribution in [1.29, 1.82) is 0 Å². The molecular weight excluding hydrogens is 216 g/mol. The molecule has 0 N–H and O–H groups in total. The van der Waals surface area contributed by atoms with Gasteiger partial charge in [-0.1, -0.05) is 0 Å². The number of alkyl halides is 1. The Hall–Kier alpha value is 0.170. The van der Waals surface area contributed by atoms with Crippen molar-refractivity contribution < 1.29 is 14.2 Å². The third kappa shape index (κ3) is 5.71. The lowest BCUT2D eigenvalue weighted by Crippen LogP contribution is -2.29. The van der Waals surface area contributed by atoms with Gasteiger partial charge in [0.15, 0.2) is 0 Å². The Balaban J connectivity index is 1.94. The molecule has 0 saturated carbocycles. The van der Waals surface area contributed by atoms with Crippen LogP contribution in [-0.4, -0.2) is 45.5 Å². The summed E-state index contributed by atoms with van der Waals surface area (Å²) in [6.45, 7) is 3.91. The van der Waals surface area contributed by atoms with E-state index < -0.39 is 0 Å². The van der Waals surface area contributed by atoms with E-state index in [4.69, 9.17) is 25.8 Å². The lowest BCUT2D eigenvalue weighted by atomic mass is 9.98. The molecule has 0 aromatic rings. The molecule has 0 amide bonds. The van der Waals surface area contributed by atoms with E-state index in [1.165, 1.54) is 0 Å². The van der Waals surface area contributed by atoms with Gasteiger partial charge in [0.1, 0.15) is 0 Å². The van der Waals surface area contributed by atoms with E-state index >= 15 is 0 Å². The number of hydrogen-bond acceptors (Lipinski definition) is 3. The van der Waals surface area contributed by atoms with E-state index in [1.54, 1.807) is 7.11 Å². The van der Waals surface area contributed by atoms with Gasteiger partial charge in [-0.3, -0.25) is 0 Å². The standard InChI is InChI=1S/C11H21ClO3/c1-13-5-2-6-14-7-3-10-9-15-8-4-11(10)12/h10-11H,2-9H2,1H3. The molecular formula is C11H21ClO3. The van der Waals surface area contributed by atoms with Crippen molar-refractivity contribution in [1.82, 2.24) is 0 Å². The predicted octanol–water partition coefficient (Wildman–Crippen LogP) is 2.07. The molecule has 1 aliphatic heterocycles. The molecule has 1 aliphatic rings. The van der Waals surface area contributed by atoms with Crippen LogP contribution in [0.5, 0.6) is 0 Å². The summed E-state index contributed by atoms with van der Waals surface area (Å²) in [5.74, 6) is 0.461. The van der Waals surface area contributed by atoms with Crippen LogP contribution in [0.2, 0.25) is 0 Å². The van der Waals surface area contributed by atoms with Crippen molar-refractivity contribution in [2.24, 2.45) is 5.92 Å². The zero-order valence-electron chi connectivity index (χ0n) is 9.41. The molecule has 0 aromatic carbocycles. The van der Waals surface area contributed by atoms with E-state index in [9.17, 15) is 0 Å². The van der Waals surface area contributed by atoms with Crippen molar-refractivity contribution in [2.75, 3.05) is 40.1 Å². The van der Waals surface area contributed by atoms with E-state index in [1.807, 2.05) is 0 Å². The summed E-state index contributed by atoms with van der Waals surface area (Å²) in [6.07, 6.45) is 2.93. The van der Waals surface area contributed by atoms with Gasteiger partial charge in [0.25, 0.3) is 0 Å². The minimum absolute atomic E-state index is 0.265. The molecule has 15 heavy (non-hydrogen) atoms. The number of rotatable bonds is 7. The molecule has 1 rings (SSSR count). The lowest BCUT2D eigenvalue weighted by molar-refractivity contribution is 0.0339.